The topological polar surface area (TPSA) is 83.7 Å². The normalized spacial score (nSPS) is 11.7. The summed E-state index contributed by atoms with van der Waals surface area (Å²) in [7, 11) is 0. The molecule has 0 aliphatic carbocycles. The number of hydrazone groups is 1. The molecule has 0 aromatic heterocycles. The Morgan fingerprint density at radius 1 is 0.971 bits per heavy atom. The number of nitriles is 1. The fourth-order valence-electron chi connectivity index (χ4n) is 3.73. The standard InChI is InChI=1S/C29H25N3O3/c1-2-34-28-17-21(19-31-32-29(33)26(18-30)23-9-4-3-5-10-23)15-16-27(28)35-20-24-13-8-12-22-11-6-7-14-25(22)24/h3-17,19,26H,2,20H2,1H3,(H,32,33)/b31-19-/t26-/m0/s1. The molecule has 0 unspecified atom stereocenters. The van der Waals surface area contributed by atoms with Crippen molar-refractivity contribution in [3.63, 3.8) is 0 Å². The lowest BCUT2D eigenvalue weighted by Gasteiger charge is -2.14. The molecule has 0 spiro atoms. The molecule has 0 saturated carbocycles. The van der Waals surface area contributed by atoms with Crippen molar-refractivity contribution < 1.29 is 14.3 Å². The van der Waals surface area contributed by atoms with E-state index in [2.05, 4.69) is 34.8 Å². The number of hydrogen-bond donors (Lipinski definition) is 1. The van der Waals surface area contributed by atoms with Gasteiger partial charge in [-0.3, -0.25) is 4.79 Å². The number of amides is 1. The Balaban J connectivity index is 1.44. The fraction of sp³-hybridized carbons (Fsp3) is 0.138. The Morgan fingerprint density at radius 2 is 1.74 bits per heavy atom. The summed E-state index contributed by atoms with van der Waals surface area (Å²) in [5, 5.41) is 15.7. The van der Waals surface area contributed by atoms with Crippen molar-refractivity contribution in [2.24, 2.45) is 5.10 Å². The SMILES string of the molecule is CCOc1cc(/C=N\NC(=O)[C@@H](C#N)c2ccccc2)ccc1OCc1cccc2ccccc12. The molecule has 0 aliphatic rings. The van der Waals surface area contributed by atoms with Crippen molar-refractivity contribution in [3.8, 4) is 17.6 Å². The van der Waals surface area contributed by atoms with Gasteiger partial charge in [0.2, 0.25) is 0 Å². The van der Waals surface area contributed by atoms with Crippen LogP contribution in [0.2, 0.25) is 0 Å². The maximum Gasteiger partial charge on any atom is 0.261 e. The summed E-state index contributed by atoms with van der Waals surface area (Å²) in [6.45, 7) is 2.78. The fourth-order valence-corrected chi connectivity index (χ4v) is 3.73. The van der Waals surface area contributed by atoms with E-state index in [9.17, 15) is 10.1 Å². The van der Waals surface area contributed by atoms with E-state index in [1.54, 1.807) is 30.3 Å². The molecule has 1 N–H and O–H groups in total. The Hall–Kier alpha value is -4.63. The molecule has 0 fully saturated rings. The van der Waals surface area contributed by atoms with Gasteiger partial charge in [0.15, 0.2) is 17.4 Å². The lowest BCUT2D eigenvalue weighted by molar-refractivity contribution is -0.121. The van der Waals surface area contributed by atoms with E-state index in [4.69, 9.17) is 9.47 Å². The molecule has 6 nitrogen and oxygen atoms in total. The molecule has 0 saturated heterocycles. The summed E-state index contributed by atoms with van der Waals surface area (Å²) in [5.41, 5.74) is 4.87. The van der Waals surface area contributed by atoms with E-state index in [-0.39, 0.29) is 0 Å². The highest BCUT2D eigenvalue weighted by Crippen LogP contribution is 2.30. The van der Waals surface area contributed by atoms with E-state index in [1.807, 2.05) is 49.4 Å². The van der Waals surface area contributed by atoms with Gasteiger partial charge in [-0.15, -0.1) is 0 Å². The van der Waals surface area contributed by atoms with Crippen LogP contribution in [0.1, 0.15) is 29.5 Å². The molecule has 0 heterocycles. The number of ether oxygens (including phenoxy) is 2. The first-order valence-electron chi connectivity index (χ1n) is 11.3. The Kier molecular flexibility index (Phi) is 7.72. The second-order valence-electron chi connectivity index (χ2n) is 7.77. The maximum absolute atomic E-state index is 12.4. The van der Waals surface area contributed by atoms with Crippen LogP contribution in [0.5, 0.6) is 11.5 Å². The number of hydrogen-bond acceptors (Lipinski definition) is 5. The highest BCUT2D eigenvalue weighted by molar-refractivity contribution is 5.88. The third-order valence-corrected chi connectivity index (χ3v) is 5.44. The van der Waals surface area contributed by atoms with Gasteiger partial charge in [-0.25, -0.2) is 5.43 Å². The monoisotopic (exact) mass is 463 g/mol. The zero-order chi connectivity index (χ0) is 24.5. The zero-order valence-electron chi connectivity index (χ0n) is 19.3. The second kappa shape index (κ2) is 11.5. The highest BCUT2D eigenvalue weighted by Gasteiger charge is 2.19. The van der Waals surface area contributed by atoms with Gasteiger partial charge >= 0.3 is 0 Å². The van der Waals surface area contributed by atoms with Crippen molar-refractivity contribution in [2.45, 2.75) is 19.4 Å². The number of carbonyl (C=O) groups is 1. The predicted octanol–water partition coefficient (Wildman–Crippen LogP) is 5.57. The number of nitrogens with one attached hydrogen (secondary N) is 1. The minimum absolute atomic E-state index is 0.403. The van der Waals surface area contributed by atoms with Gasteiger partial charge in [-0.05, 0) is 52.6 Å². The molecule has 1 amide bonds. The molecule has 4 aromatic carbocycles. The quantitative estimate of drug-likeness (QED) is 0.260. The van der Waals surface area contributed by atoms with Gasteiger partial charge in [0, 0.05) is 0 Å². The summed E-state index contributed by atoms with van der Waals surface area (Å²) >= 11 is 0. The number of rotatable bonds is 9. The minimum Gasteiger partial charge on any atom is -0.490 e. The maximum atomic E-state index is 12.4. The largest absolute Gasteiger partial charge is 0.490 e. The van der Waals surface area contributed by atoms with Crippen molar-refractivity contribution in [1.82, 2.24) is 5.43 Å². The van der Waals surface area contributed by atoms with Crippen molar-refractivity contribution in [3.05, 3.63) is 108 Å². The molecule has 6 heteroatoms. The first-order chi connectivity index (χ1) is 17.2. The molecular formula is C29H25N3O3. The van der Waals surface area contributed by atoms with Crippen LogP contribution in [0, 0.1) is 11.3 Å². The number of fused-ring (bicyclic) bond motifs is 1. The Labute approximate surface area is 204 Å². The van der Waals surface area contributed by atoms with E-state index in [1.165, 1.54) is 6.21 Å². The lowest BCUT2D eigenvalue weighted by atomic mass is 10.0. The first kappa shape index (κ1) is 23.5. The van der Waals surface area contributed by atoms with Crippen LogP contribution in [-0.2, 0) is 11.4 Å². The van der Waals surface area contributed by atoms with Crippen LogP contribution in [-0.4, -0.2) is 18.7 Å². The highest BCUT2D eigenvalue weighted by atomic mass is 16.5. The Bertz CT molecular complexity index is 1370. The third kappa shape index (κ3) is 5.84. The van der Waals surface area contributed by atoms with Gasteiger partial charge in [-0.2, -0.15) is 10.4 Å². The van der Waals surface area contributed by atoms with Gasteiger partial charge < -0.3 is 9.47 Å². The van der Waals surface area contributed by atoms with E-state index < -0.39 is 11.8 Å². The van der Waals surface area contributed by atoms with Crippen molar-refractivity contribution in [1.29, 1.82) is 5.26 Å². The van der Waals surface area contributed by atoms with Crippen molar-refractivity contribution in [2.75, 3.05) is 6.61 Å². The van der Waals surface area contributed by atoms with Gasteiger partial charge in [0.05, 0.1) is 18.9 Å². The van der Waals surface area contributed by atoms with Crippen LogP contribution in [0.4, 0.5) is 0 Å². The molecule has 35 heavy (non-hydrogen) atoms. The van der Waals surface area contributed by atoms with Crippen LogP contribution < -0.4 is 14.9 Å². The number of carbonyl (C=O) groups excluding carboxylic acids is 1. The average Bonchev–Trinajstić information content (AvgIpc) is 2.89. The minimum atomic E-state index is -0.933. The van der Waals surface area contributed by atoms with Gasteiger partial charge in [-0.1, -0.05) is 72.8 Å². The summed E-state index contributed by atoms with van der Waals surface area (Å²) in [5.74, 6) is -0.219. The van der Waals surface area contributed by atoms with Crippen LogP contribution in [0.15, 0.2) is 96.1 Å². The predicted molar refractivity (Wildman–Crippen MR) is 136 cm³/mol. The number of benzene rings is 4. The van der Waals surface area contributed by atoms with Crippen LogP contribution in [0.3, 0.4) is 0 Å². The number of nitrogens with zero attached hydrogens (tertiary/aromatic N) is 2. The summed E-state index contributed by atoms with van der Waals surface area (Å²) in [6, 6.07) is 30.7. The third-order valence-electron chi connectivity index (χ3n) is 5.44. The molecule has 0 bridgehead atoms. The molecule has 0 aliphatic heterocycles. The van der Waals surface area contributed by atoms with Gasteiger partial charge in [0.25, 0.3) is 5.91 Å². The Morgan fingerprint density at radius 3 is 2.54 bits per heavy atom. The summed E-state index contributed by atoms with van der Waals surface area (Å²) in [6.07, 6.45) is 1.51. The molecule has 4 aromatic rings. The van der Waals surface area contributed by atoms with E-state index in [0.29, 0.717) is 30.3 Å². The van der Waals surface area contributed by atoms with Crippen LogP contribution in [0.25, 0.3) is 10.8 Å². The van der Waals surface area contributed by atoms with Gasteiger partial charge in [0.1, 0.15) is 6.61 Å². The lowest BCUT2D eigenvalue weighted by Crippen LogP contribution is -2.24. The van der Waals surface area contributed by atoms with Crippen LogP contribution >= 0.6 is 0 Å². The molecule has 174 valence electrons. The summed E-state index contributed by atoms with van der Waals surface area (Å²) in [4.78, 5) is 12.4. The molecular weight excluding hydrogens is 438 g/mol. The summed E-state index contributed by atoms with van der Waals surface area (Å²) < 4.78 is 11.9. The van der Waals surface area contributed by atoms with E-state index >= 15 is 0 Å². The second-order valence-corrected chi connectivity index (χ2v) is 7.77. The van der Waals surface area contributed by atoms with Crippen molar-refractivity contribution >= 4 is 22.9 Å². The first-order valence-corrected chi connectivity index (χ1v) is 11.3. The molecule has 1 atom stereocenters. The van der Waals surface area contributed by atoms with E-state index in [0.717, 1.165) is 21.9 Å². The molecule has 4 rings (SSSR count). The smallest absolute Gasteiger partial charge is 0.261 e. The molecule has 0 radical (unpaired) electrons. The zero-order valence-corrected chi connectivity index (χ0v) is 19.3. The average molecular weight is 464 g/mol.